The van der Waals surface area contributed by atoms with Crippen LogP contribution in [0.1, 0.15) is 30.9 Å². The van der Waals surface area contributed by atoms with E-state index in [0.29, 0.717) is 6.92 Å². The average Bonchev–Trinajstić information content (AvgIpc) is 2.26. The Labute approximate surface area is 109 Å². The lowest BCUT2D eigenvalue weighted by Gasteiger charge is -2.15. The van der Waals surface area contributed by atoms with Gasteiger partial charge < -0.3 is 9.84 Å². The van der Waals surface area contributed by atoms with Crippen molar-refractivity contribution in [2.24, 2.45) is 0 Å². The molecule has 0 saturated carbocycles. The lowest BCUT2D eigenvalue weighted by Crippen LogP contribution is -2.10. The fourth-order valence-corrected chi connectivity index (χ4v) is 1.75. The van der Waals surface area contributed by atoms with Crippen molar-refractivity contribution in [3.63, 3.8) is 0 Å². The van der Waals surface area contributed by atoms with E-state index < -0.39 is 23.3 Å². The number of carboxylic acid groups (broad SMARTS) is 1. The summed E-state index contributed by atoms with van der Waals surface area (Å²) in [5, 5.41) is 8.53. The summed E-state index contributed by atoms with van der Waals surface area (Å²) in [4.78, 5) is 10.4. The molecule has 0 atom stereocenters. The fraction of sp³-hybridized carbons (Fsp3) is 0.462. The zero-order chi connectivity index (χ0) is 14.6. The van der Waals surface area contributed by atoms with Gasteiger partial charge in [0.2, 0.25) is 0 Å². The Hall–Kier alpha value is -1.72. The third kappa shape index (κ3) is 4.15. The van der Waals surface area contributed by atoms with Crippen molar-refractivity contribution in [1.29, 1.82) is 0 Å². The minimum absolute atomic E-state index is 0.113. The molecule has 1 aromatic rings. The molecular formula is C13H15F3O3. The number of aryl methyl sites for hydroxylation is 1. The molecule has 1 aromatic carbocycles. The van der Waals surface area contributed by atoms with E-state index >= 15 is 0 Å². The van der Waals surface area contributed by atoms with Crippen molar-refractivity contribution >= 4 is 5.97 Å². The smallest absolute Gasteiger partial charge is 0.303 e. The Kier molecular flexibility index (Phi) is 4.80. The molecule has 0 aliphatic heterocycles. The summed E-state index contributed by atoms with van der Waals surface area (Å²) < 4.78 is 44.9. The Bertz CT molecular complexity index is 467. The van der Waals surface area contributed by atoms with E-state index in [0.717, 1.165) is 12.1 Å². The third-order valence-corrected chi connectivity index (χ3v) is 2.67. The van der Waals surface area contributed by atoms with E-state index in [-0.39, 0.29) is 30.6 Å². The molecule has 0 radical (unpaired) electrons. The van der Waals surface area contributed by atoms with Crippen molar-refractivity contribution in [3.8, 4) is 5.75 Å². The van der Waals surface area contributed by atoms with Crippen LogP contribution in [-0.4, -0.2) is 18.2 Å². The van der Waals surface area contributed by atoms with Crippen molar-refractivity contribution in [2.75, 3.05) is 7.11 Å². The molecule has 0 amide bonds. The van der Waals surface area contributed by atoms with Gasteiger partial charge in [0.25, 0.3) is 5.92 Å². The highest BCUT2D eigenvalue weighted by molar-refractivity contribution is 5.66. The summed E-state index contributed by atoms with van der Waals surface area (Å²) in [5.41, 5.74) is -0.198. The summed E-state index contributed by atoms with van der Waals surface area (Å²) >= 11 is 0. The molecule has 19 heavy (non-hydrogen) atoms. The maximum Gasteiger partial charge on any atom is 0.303 e. The molecule has 6 heteroatoms. The van der Waals surface area contributed by atoms with Gasteiger partial charge in [0.15, 0.2) is 11.6 Å². The van der Waals surface area contributed by atoms with Crippen molar-refractivity contribution in [2.45, 2.75) is 32.1 Å². The Balaban J connectivity index is 3.05. The average molecular weight is 276 g/mol. The van der Waals surface area contributed by atoms with Gasteiger partial charge in [0, 0.05) is 18.9 Å². The predicted octanol–water partition coefficient (Wildman–Crippen LogP) is 3.35. The Morgan fingerprint density at radius 1 is 1.42 bits per heavy atom. The van der Waals surface area contributed by atoms with Crippen LogP contribution in [0.5, 0.6) is 5.75 Å². The maximum atomic E-state index is 13.7. The molecule has 3 nitrogen and oxygen atoms in total. The van der Waals surface area contributed by atoms with Crippen LogP contribution in [-0.2, 0) is 17.1 Å². The quantitative estimate of drug-likeness (QED) is 0.866. The predicted molar refractivity (Wildman–Crippen MR) is 63.1 cm³/mol. The molecule has 0 aliphatic rings. The van der Waals surface area contributed by atoms with Gasteiger partial charge in [-0.05, 0) is 30.5 Å². The Morgan fingerprint density at radius 3 is 2.53 bits per heavy atom. The van der Waals surface area contributed by atoms with E-state index in [9.17, 15) is 18.0 Å². The standard InChI is InChI=1S/C13H15F3O3/c1-13(15,16)9-6-8(4-3-5-11(17)18)12(19-2)10(14)7-9/h6-7H,3-5H2,1-2H3,(H,17,18). The van der Waals surface area contributed by atoms with Crippen LogP contribution in [0, 0.1) is 5.82 Å². The summed E-state index contributed by atoms with van der Waals surface area (Å²) in [6, 6.07) is 1.89. The van der Waals surface area contributed by atoms with Crippen LogP contribution < -0.4 is 4.74 Å². The molecule has 0 fully saturated rings. The molecule has 0 bridgehead atoms. The topological polar surface area (TPSA) is 46.5 Å². The summed E-state index contributed by atoms with van der Waals surface area (Å²) in [6.07, 6.45) is 0.276. The van der Waals surface area contributed by atoms with Crippen molar-refractivity contribution < 1.29 is 27.8 Å². The molecular weight excluding hydrogens is 261 g/mol. The molecule has 0 saturated heterocycles. The minimum atomic E-state index is -3.16. The number of benzene rings is 1. The van der Waals surface area contributed by atoms with Crippen molar-refractivity contribution in [3.05, 3.63) is 29.1 Å². The molecule has 0 aromatic heterocycles. The second-order valence-corrected chi connectivity index (χ2v) is 4.29. The fourth-order valence-electron chi connectivity index (χ4n) is 1.75. The lowest BCUT2D eigenvalue weighted by atomic mass is 10.0. The van der Waals surface area contributed by atoms with Crippen molar-refractivity contribution in [1.82, 2.24) is 0 Å². The second kappa shape index (κ2) is 5.95. The Morgan fingerprint density at radius 2 is 2.05 bits per heavy atom. The number of rotatable bonds is 6. The summed E-state index contributed by atoms with van der Waals surface area (Å²) in [7, 11) is 1.24. The number of aliphatic carboxylic acids is 1. The molecule has 0 aliphatic carbocycles. The van der Waals surface area contributed by atoms with E-state index in [4.69, 9.17) is 9.84 Å². The van der Waals surface area contributed by atoms with E-state index in [2.05, 4.69) is 0 Å². The third-order valence-electron chi connectivity index (χ3n) is 2.67. The van der Waals surface area contributed by atoms with Gasteiger partial charge in [-0.25, -0.2) is 13.2 Å². The van der Waals surface area contributed by atoms with Gasteiger partial charge >= 0.3 is 5.97 Å². The SMILES string of the molecule is COc1c(F)cc(C(C)(F)F)cc1CCCC(=O)O. The molecule has 0 unspecified atom stereocenters. The highest BCUT2D eigenvalue weighted by atomic mass is 19.3. The van der Waals surface area contributed by atoms with Gasteiger partial charge in [-0.2, -0.15) is 0 Å². The van der Waals surface area contributed by atoms with Crippen LogP contribution in [0.3, 0.4) is 0 Å². The highest BCUT2D eigenvalue weighted by Gasteiger charge is 2.27. The van der Waals surface area contributed by atoms with E-state index in [1.54, 1.807) is 0 Å². The van der Waals surface area contributed by atoms with Crippen LogP contribution in [0.4, 0.5) is 13.2 Å². The zero-order valence-electron chi connectivity index (χ0n) is 10.7. The maximum absolute atomic E-state index is 13.7. The second-order valence-electron chi connectivity index (χ2n) is 4.29. The first-order valence-electron chi connectivity index (χ1n) is 5.72. The van der Waals surface area contributed by atoms with Gasteiger partial charge in [0.1, 0.15) is 0 Å². The number of carboxylic acids is 1. The monoisotopic (exact) mass is 276 g/mol. The molecule has 106 valence electrons. The number of methoxy groups -OCH3 is 1. The highest BCUT2D eigenvalue weighted by Crippen LogP contribution is 2.33. The lowest BCUT2D eigenvalue weighted by molar-refractivity contribution is -0.137. The van der Waals surface area contributed by atoms with Gasteiger partial charge in [-0.15, -0.1) is 0 Å². The first kappa shape index (κ1) is 15.3. The number of hydrogen-bond donors (Lipinski definition) is 1. The van der Waals surface area contributed by atoms with E-state index in [1.165, 1.54) is 7.11 Å². The first-order valence-corrected chi connectivity index (χ1v) is 5.72. The van der Waals surface area contributed by atoms with Crippen LogP contribution in [0.25, 0.3) is 0 Å². The number of carbonyl (C=O) groups is 1. The number of alkyl halides is 2. The summed E-state index contributed by atoms with van der Waals surface area (Å²) in [5.74, 6) is -5.13. The van der Waals surface area contributed by atoms with Crippen LogP contribution in [0.2, 0.25) is 0 Å². The number of hydrogen-bond acceptors (Lipinski definition) is 2. The largest absolute Gasteiger partial charge is 0.493 e. The van der Waals surface area contributed by atoms with Gasteiger partial charge in [-0.3, -0.25) is 4.79 Å². The van der Waals surface area contributed by atoms with Gasteiger partial charge in [-0.1, -0.05) is 0 Å². The molecule has 1 N–H and O–H groups in total. The normalized spacial score (nSPS) is 11.4. The molecule has 0 heterocycles. The minimum Gasteiger partial charge on any atom is -0.493 e. The molecule has 1 rings (SSSR count). The van der Waals surface area contributed by atoms with Gasteiger partial charge in [0.05, 0.1) is 7.11 Å². The molecule has 0 spiro atoms. The van der Waals surface area contributed by atoms with Crippen LogP contribution >= 0.6 is 0 Å². The number of halogens is 3. The zero-order valence-corrected chi connectivity index (χ0v) is 10.7. The summed E-state index contributed by atoms with van der Waals surface area (Å²) in [6.45, 7) is 0.676. The first-order chi connectivity index (χ1) is 8.75. The van der Waals surface area contributed by atoms with Crippen LogP contribution in [0.15, 0.2) is 12.1 Å². The number of ether oxygens (including phenoxy) is 1. The van der Waals surface area contributed by atoms with E-state index in [1.807, 2.05) is 0 Å².